The summed E-state index contributed by atoms with van der Waals surface area (Å²) in [5.74, 6) is 0.305. The first kappa shape index (κ1) is 13.2. The molecule has 21 heavy (non-hydrogen) atoms. The summed E-state index contributed by atoms with van der Waals surface area (Å²) in [7, 11) is 0. The fourth-order valence-electron chi connectivity index (χ4n) is 2.14. The fourth-order valence-corrected chi connectivity index (χ4v) is 2.14. The van der Waals surface area contributed by atoms with E-state index in [1.165, 1.54) is 4.80 Å². The predicted molar refractivity (Wildman–Crippen MR) is 78.1 cm³/mol. The van der Waals surface area contributed by atoms with E-state index in [1.54, 1.807) is 0 Å². The third-order valence-corrected chi connectivity index (χ3v) is 3.24. The molecule has 2 aromatic carbocycles. The van der Waals surface area contributed by atoms with Crippen LogP contribution < -0.4 is 0 Å². The molecule has 0 saturated carbocycles. The van der Waals surface area contributed by atoms with Gasteiger partial charge in [0.05, 0.1) is 5.69 Å². The molecule has 0 saturated heterocycles. The fraction of sp³-hybridized carbons (Fsp3) is 0.125. The highest BCUT2D eigenvalue weighted by atomic mass is 16.1. The molecule has 1 aromatic heterocycles. The number of benzene rings is 2. The van der Waals surface area contributed by atoms with Gasteiger partial charge >= 0.3 is 0 Å². The minimum atomic E-state index is -0.250. The summed E-state index contributed by atoms with van der Waals surface area (Å²) in [5, 5.41) is 12.4. The van der Waals surface area contributed by atoms with Gasteiger partial charge in [-0.15, -0.1) is 15.0 Å². The number of aromatic nitrogens is 4. The van der Waals surface area contributed by atoms with Crippen LogP contribution in [0.4, 0.5) is 0 Å². The lowest BCUT2D eigenvalue weighted by Crippen LogP contribution is -2.06. The van der Waals surface area contributed by atoms with E-state index in [0.29, 0.717) is 12.2 Å². The summed E-state index contributed by atoms with van der Waals surface area (Å²) in [6.07, 6.45) is 1.37. The smallest absolute Gasteiger partial charge is 0.176 e. The number of rotatable bonds is 5. The Morgan fingerprint density at radius 2 is 1.67 bits per heavy atom. The highest BCUT2D eigenvalue weighted by molar-refractivity contribution is 5.62. The SMILES string of the molecule is O=CC(Cc1nnn(-c2ccccc2)n1)c1ccccc1. The van der Waals surface area contributed by atoms with Crippen molar-refractivity contribution in [3.8, 4) is 5.69 Å². The molecule has 3 rings (SSSR count). The maximum atomic E-state index is 11.3. The van der Waals surface area contributed by atoms with Gasteiger partial charge in [0.15, 0.2) is 5.82 Å². The Labute approximate surface area is 122 Å². The van der Waals surface area contributed by atoms with Crippen LogP contribution in [0.15, 0.2) is 60.7 Å². The van der Waals surface area contributed by atoms with Gasteiger partial charge in [-0.25, -0.2) is 0 Å². The zero-order valence-corrected chi connectivity index (χ0v) is 11.3. The van der Waals surface area contributed by atoms with Gasteiger partial charge in [0.25, 0.3) is 0 Å². The molecule has 0 amide bonds. The maximum Gasteiger partial charge on any atom is 0.176 e. The van der Waals surface area contributed by atoms with Gasteiger partial charge in [-0.05, 0) is 22.9 Å². The molecule has 0 radical (unpaired) electrons. The van der Waals surface area contributed by atoms with Crippen molar-refractivity contribution in [3.63, 3.8) is 0 Å². The van der Waals surface area contributed by atoms with Crippen LogP contribution in [0, 0.1) is 0 Å². The highest BCUT2D eigenvalue weighted by Gasteiger charge is 2.14. The first-order chi connectivity index (χ1) is 10.4. The van der Waals surface area contributed by atoms with E-state index in [-0.39, 0.29) is 5.92 Å². The van der Waals surface area contributed by atoms with Crippen molar-refractivity contribution < 1.29 is 4.79 Å². The van der Waals surface area contributed by atoms with E-state index in [4.69, 9.17) is 0 Å². The van der Waals surface area contributed by atoms with E-state index in [1.807, 2.05) is 60.7 Å². The van der Waals surface area contributed by atoms with Crippen LogP contribution in [-0.4, -0.2) is 26.5 Å². The Morgan fingerprint density at radius 1 is 1.00 bits per heavy atom. The van der Waals surface area contributed by atoms with Crippen molar-refractivity contribution >= 4 is 6.29 Å². The van der Waals surface area contributed by atoms with Crippen LogP contribution in [0.3, 0.4) is 0 Å². The Morgan fingerprint density at radius 3 is 2.33 bits per heavy atom. The average molecular weight is 278 g/mol. The number of tetrazole rings is 1. The van der Waals surface area contributed by atoms with Crippen LogP contribution in [0.5, 0.6) is 0 Å². The Hall–Kier alpha value is -2.82. The van der Waals surface area contributed by atoms with E-state index in [9.17, 15) is 4.79 Å². The molecule has 0 aliphatic rings. The van der Waals surface area contributed by atoms with E-state index in [0.717, 1.165) is 17.5 Å². The minimum absolute atomic E-state index is 0.250. The number of hydrogen-bond donors (Lipinski definition) is 0. The van der Waals surface area contributed by atoms with Crippen LogP contribution >= 0.6 is 0 Å². The minimum Gasteiger partial charge on any atom is -0.303 e. The number of carbonyl (C=O) groups excluding carboxylic acids is 1. The molecule has 0 fully saturated rings. The van der Waals surface area contributed by atoms with Gasteiger partial charge in [0.2, 0.25) is 0 Å². The number of aldehydes is 1. The molecule has 0 spiro atoms. The van der Waals surface area contributed by atoms with Crippen LogP contribution in [-0.2, 0) is 11.2 Å². The maximum absolute atomic E-state index is 11.3. The first-order valence-corrected chi connectivity index (χ1v) is 6.71. The Bertz CT molecular complexity index is 709. The zero-order chi connectivity index (χ0) is 14.5. The molecule has 0 bridgehead atoms. The number of carbonyl (C=O) groups is 1. The lowest BCUT2D eigenvalue weighted by atomic mass is 9.97. The zero-order valence-electron chi connectivity index (χ0n) is 11.3. The van der Waals surface area contributed by atoms with Gasteiger partial charge in [0, 0.05) is 12.3 Å². The van der Waals surface area contributed by atoms with E-state index >= 15 is 0 Å². The molecule has 0 aliphatic carbocycles. The second-order valence-electron chi connectivity index (χ2n) is 4.69. The molecular formula is C16H14N4O. The van der Waals surface area contributed by atoms with Gasteiger partial charge in [-0.1, -0.05) is 48.5 Å². The van der Waals surface area contributed by atoms with Gasteiger partial charge in [0.1, 0.15) is 6.29 Å². The molecule has 0 aliphatic heterocycles. The summed E-state index contributed by atoms with van der Waals surface area (Å²) in [5.41, 5.74) is 1.81. The largest absolute Gasteiger partial charge is 0.303 e. The molecule has 1 atom stereocenters. The summed E-state index contributed by atoms with van der Waals surface area (Å²) in [6, 6.07) is 19.2. The second-order valence-corrected chi connectivity index (χ2v) is 4.69. The molecular weight excluding hydrogens is 264 g/mol. The quantitative estimate of drug-likeness (QED) is 0.671. The molecule has 1 heterocycles. The van der Waals surface area contributed by atoms with Gasteiger partial charge < -0.3 is 4.79 Å². The number of hydrogen-bond acceptors (Lipinski definition) is 4. The van der Waals surface area contributed by atoms with Gasteiger partial charge in [-0.2, -0.15) is 0 Å². The van der Waals surface area contributed by atoms with Crippen molar-refractivity contribution in [2.75, 3.05) is 0 Å². The lowest BCUT2D eigenvalue weighted by Gasteiger charge is -2.07. The normalized spacial score (nSPS) is 12.0. The second kappa shape index (κ2) is 6.09. The summed E-state index contributed by atoms with van der Waals surface area (Å²) in [6.45, 7) is 0. The Kier molecular flexibility index (Phi) is 3.82. The molecule has 5 nitrogen and oxygen atoms in total. The summed E-state index contributed by atoms with van der Waals surface area (Å²) >= 11 is 0. The molecule has 5 heteroatoms. The third-order valence-electron chi connectivity index (χ3n) is 3.24. The average Bonchev–Trinajstić information content (AvgIpc) is 3.03. The third kappa shape index (κ3) is 3.02. The van der Waals surface area contributed by atoms with Crippen molar-refractivity contribution in [3.05, 3.63) is 72.1 Å². The summed E-state index contributed by atoms with van der Waals surface area (Å²) < 4.78 is 0. The van der Waals surface area contributed by atoms with E-state index < -0.39 is 0 Å². The van der Waals surface area contributed by atoms with E-state index in [2.05, 4.69) is 15.4 Å². The molecule has 104 valence electrons. The Balaban J connectivity index is 1.79. The highest BCUT2D eigenvalue weighted by Crippen LogP contribution is 2.16. The molecule has 1 unspecified atom stereocenters. The van der Waals surface area contributed by atoms with Gasteiger partial charge in [-0.3, -0.25) is 0 Å². The van der Waals surface area contributed by atoms with Crippen molar-refractivity contribution in [2.24, 2.45) is 0 Å². The van der Waals surface area contributed by atoms with Crippen LogP contribution in [0.2, 0.25) is 0 Å². The lowest BCUT2D eigenvalue weighted by molar-refractivity contribution is -0.109. The monoisotopic (exact) mass is 278 g/mol. The molecule has 0 N–H and O–H groups in total. The number of nitrogens with zero attached hydrogens (tertiary/aromatic N) is 4. The van der Waals surface area contributed by atoms with Crippen molar-refractivity contribution in [2.45, 2.75) is 12.3 Å². The first-order valence-electron chi connectivity index (χ1n) is 6.71. The summed E-state index contributed by atoms with van der Waals surface area (Å²) in [4.78, 5) is 12.8. The molecule has 3 aromatic rings. The van der Waals surface area contributed by atoms with Crippen LogP contribution in [0.1, 0.15) is 17.3 Å². The van der Waals surface area contributed by atoms with Crippen molar-refractivity contribution in [1.82, 2.24) is 20.2 Å². The van der Waals surface area contributed by atoms with Crippen LogP contribution in [0.25, 0.3) is 5.69 Å². The topological polar surface area (TPSA) is 60.7 Å². The predicted octanol–water partition coefficient (Wildman–Crippen LogP) is 2.19. The standard InChI is InChI=1S/C16H14N4O/c21-12-14(13-7-3-1-4-8-13)11-16-17-19-20(18-16)15-9-5-2-6-10-15/h1-10,12,14H,11H2. The van der Waals surface area contributed by atoms with Crippen molar-refractivity contribution in [1.29, 1.82) is 0 Å². The number of para-hydroxylation sites is 1.